The molecule has 3 N–H and O–H groups in total. The number of anilines is 1. The molecule has 4 aromatic rings. The number of imidazole rings is 1. The Morgan fingerprint density at radius 1 is 1.19 bits per heavy atom. The Labute approximate surface area is 190 Å². The van der Waals surface area contributed by atoms with Crippen molar-refractivity contribution in [2.45, 2.75) is 42.9 Å². The minimum atomic E-state index is 0.382. The molecule has 0 aliphatic heterocycles. The number of hydrogen-bond acceptors (Lipinski definition) is 7. The highest BCUT2D eigenvalue weighted by molar-refractivity contribution is 7.99. The number of nitrogen functional groups attached to an aromatic ring is 1. The zero-order valence-corrected chi connectivity index (χ0v) is 19.3. The average Bonchev–Trinajstić information content (AvgIpc) is 3.29. The summed E-state index contributed by atoms with van der Waals surface area (Å²) >= 11 is 7.97. The van der Waals surface area contributed by atoms with Crippen molar-refractivity contribution in [3.05, 3.63) is 41.9 Å². The van der Waals surface area contributed by atoms with Crippen molar-refractivity contribution in [1.29, 1.82) is 0 Å². The Kier molecular flexibility index (Phi) is 6.45. The van der Waals surface area contributed by atoms with Gasteiger partial charge in [-0.15, -0.1) is 0 Å². The van der Waals surface area contributed by atoms with E-state index in [1.807, 2.05) is 31.6 Å². The molecule has 0 bridgehead atoms. The van der Waals surface area contributed by atoms with Crippen molar-refractivity contribution >= 4 is 40.3 Å². The van der Waals surface area contributed by atoms with Gasteiger partial charge in [-0.1, -0.05) is 37.2 Å². The van der Waals surface area contributed by atoms with E-state index >= 15 is 0 Å². The van der Waals surface area contributed by atoms with Crippen LogP contribution >= 0.6 is 23.4 Å². The van der Waals surface area contributed by atoms with Gasteiger partial charge in [-0.05, 0) is 36.7 Å². The molecule has 8 nitrogen and oxygen atoms in total. The summed E-state index contributed by atoms with van der Waals surface area (Å²) in [6, 6.07) is 6.41. The van der Waals surface area contributed by atoms with Crippen molar-refractivity contribution in [1.82, 2.24) is 34.6 Å². The number of benzene rings is 1. The van der Waals surface area contributed by atoms with E-state index in [0.717, 1.165) is 46.3 Å². The summed E-state index contributed by atoms with van der Waals surface area (Å²) in [6.07, 6.45) is 6.22. The van der Waals surface area contributed by atoms with Crippen LogP contribution in [0.3, 0.4) is 0 Å². The Hall–Kier alpha value is -2.62. The Bertz CT molecular complexity index is 1200. The smallest absolute Gasteiger partial charge is 0.175 e. The summed E-state index contributed by atoms with van der Waals surface area (Å²) in [5.41, 5.74) is 9.46. The number of rotatable bonds is 8. The van der Waals surface area contributed by atoms with Crippen molar-refractivity contribution < 1.29 is 0 Å². The summed E-state index contributed by atoms with van der Waals surface area (Å²) in [4.78, 5) is 14.3. The topological polar surface area (TPSA) is 99.5 Å². The number of nitrogens with one attached hydrogen (secondary N) is 1. The van der Waals surface area contributed by atoms with Crippen LogP contribution in [0.2, 0.25) is 5.02 Å². The van der Waals surface area contributed by atoms with Gasteiger partial charge in [0, 0.05) is 41.3 Å². The molecule has 4 rings (SSSR count). The first-order chi connectivity index (χ1) is 14.9. The van der Waals surface area contributed by atoms with Crippen LogP contribution in [0.1, 0.15) is 20.3 Å². The van der Waals surface area contributed by atoms with E-state index in [-0.39, 0.29) is 0 Å². The largest absolute Gasteiger partial charge is 0.382 e. The van der Waals surface area contributed by atoms with Gasteiger partial charge in [-0.3, -0.25) is 4.68 Å². The molecule has 0 aliphatic carbocycles. The molecule has 0 saturated carbocycles. The maximum absolute atomic E-state index is 6.43. The summed E-state index contributed by atoms with van der Waals surface area (Å²) in [7, 11) is 1.89. The number of aromatic nitrogens is 6. The summed E-state index contributed by atoms with van der Waals surface area (Å²) in [5.74, 6) is 0.382. The highest BCUT2D eigenvalue weighted by Gasteiger charge is 2.16. The molecule has 31 heavy (non-hydrogen) atoms. The highest BCUT2D eigenvalue weighted by atomic mass is 35.5. The van der Waals surface area contributed by atoms with Crippen LogP contribution in [0.4, 0.5) is 5.82 Å². The first-order valence-electron chi connectivity index (χ1n) is 10.1. The van der Waals surface area contributed by atoms with Crippen molar-refractivity contribution in [2.75, 3.05) is 12.3 Å². The molecule has 0 unspecified atom stereocenters. The van der Waals surface area contributed by atoms with Crippen LogP contribution in [0.25, 0.3) is 22.3 Å². The van der Waals surface area contributed by atoms with Crippen LogP contribution in [-0.4, -0.2) is 41.9 Å². The minimum Gasteiger partial charge on any atom is -0.382 e. The molecule has 162 valence electrons. The number of nitrogens with two attached hydrogens (primary N) is 1. The number of aryl methyl sites for hydroxylation is 2. The normalized spacial score (nSPS) is 11.6. The fraction of sp³-hybridized carbons (Fsp3) is 0.333. The second kappa shape index (κ2) is 9.25. The Balaban J connectivity index is 1.67. The van der Waals surface area contributed by atoms with E-state index in [4.69, 9.17) is 22.3 Å². The number of nitrogens with zero attached hydrogens (tertiary/aromatic N) is 6. The van der Waals surface area contributed by atoms with Gasteiger partial charge in [0.2, 0.25) is 0 Å². The van der Waals surface area contributed by atoms with Gasteiger partial charge in [0.15, 0.2) is 22.1 Å². The Morgan fingerprint density at radius 3 is 2.77 bits per heavy atom. The van der Waals surface area contributed by atoms with Crippen molar-refractivity contribution in [3.8, 4) is 11.1 Å². The van der Waals surface area contributed by atoms with Gasteiger partial charge in [0.25, 0.3) is 0 Å². The lowest BCUT2D eigenvalue weighted by Crippen LogP contribution is -2.24. The lowest BCUT2D eigenvalue weighted by molar-refractivity contribution is 0.525. The molecule has 0 fully saturated rings. The molecule has 0 spiro atoms. The van der Waals surface area contributed by atoms with Gasteiger partial charge < -0.3 is 15.6 Å². The molecule has 3 aromatic heterocycles. The second-order valence-corrected chi connectivity index (χ2v) is 9.10. The Morgan fingerprint density at radius 2 is 2.03 bits per heavy atom. The predicted molar refractivity (Wildman–Crippen MR) is 125 cm³/mol. The number of hydrogen-bond donors (Lipinski definition) is 2. The zero-order chi connectivity index (χ0) is 22.0. The summed E-state index contributed by atoms with van der Waals surface area (Å²) < 4.78 is 3.87. The van der Waals surface area contributed by atoms with Crippen LogP contribution in [0.5, 0.6) is 0 Å². The van der Waals surface area contributed by atoms with Crippen LogP contribution in [0.15, 0.2) is 47.0 Å². The quantitative estimate of drug-likeness (QED) is 0.386. The van der Waals surface area contributed by atoms with E-state index in [0.29, 0.717) is 22.4 Å². The molecular formula is C21H25ClN8S. The fourth-order valence-electron chi connectivity index (χ4n) is 3.31. The molecule has 1 aromatic carbocycles. The standard InChI is InChI=1S/C21H25ClN8S/c1-13(2)24-5-4-6-30-20-18(19(23)25-12-26-20)28-21(30)31-17-8-14(7-16(22)9-17)15-10-27-29(3)11-15/h7-13,24H,4-6H2,1-3H3,(H2,23,25,26). The molecule has 3 heterocycles. The first-order valence-corrected chi connectivity index (χ1v) is 11.3. The average molecular weight is 457 g/mol. The molecule has 0 atom stereocenters. The number of fused-ring (bicyclic) bond motifs is 1. The third kappa shape index (κ3) is 5.00. The van der Waals surface area contributed by atoms with Crippen molar-refractivity contribution in [3.63, 3.8) is 0 Å². The maximum Gasteiger partial charge on any atom is 0.175 e. The predicted octanol–water partition coefficient (Wildman–Crippen LogP) is 4.00. The fourth-order valence-corrected chi connectivity index (χ4v) is 4.61. The molecule has 0 radical (unpaired) electrons. The van der Waals surface area contributed by atoms with Crippen LogP contribution < -0.4 is 11.1 Å². The van der Waals surface area contributed by atoms with Crippen LogP contribution in [-0.2, 0) is 13.6 Å². The van der Waals surface area contributed by atoms with Gasteiger partial charge in [0.05, 0.1) is 6.20 Å². The van der Waals surface area contributed by atoms with E-state index in [1.54, 1.807) is 4.68 Å². The van der Waals surface area contributed by atoms with E-state index < -0.39 is 0 Å². The lowest BCUT2D eigenvalue weighted by Gasteiger charge is -2.11. The van der Waals surface area contributed by atoms with E-state index in [2.05, 4.69) is 44.9 Å². The number of halogens is 1. The maximum atomic E-state index is 6.43. The molecule has 10 heteroatoms. The van der Waals surface area contributed by atoms with Gasteiger partial charge in [-0.25, -0.2) is 15.0 Å². The molecule has 0 saturated heterocycles. The third-order valence-electron chi connectivity index (χ3n) is 4.76. The lowest BCUT2D eigenvalue weighted by atomic mass is 10.1. The summed E-state index contributed by atoms with van der Waals surface area (Å²) in [5, 5.41) is 9.18. The van der Waals surface area contributed by atoms with E-state index in [1.165, 1.54) is 18.1 Å². The zero-order valence-electron chi connectivity index (χ0n) is 17.7. The third-order valence-corrected chi connectivity index (χ3v) is 5.94. The monoisotopic (exact) mass is 456 g/mol. The first kappa shape index (κ1) is 21.6. The molecular weight excluding hydrogens is 432 g/mol. The van der Waals surface area contributed by atoms with Crippen LogP contribution in [0, 0.1) is 0 Å². The van der Waals surface area contributed by atoms with E-state index in [9.17, 15) is 0 Å². The molecule has 0 aliphatic rings. The van der Waals surface area contributed by atoms with Gasteiger partial charge in [0.1, 0.15) is 6.33 Å². The second-order valence-electron chi connectivity index (χ2n) is 7.62. The molecule has 0 amide bonds. The highest BCUT2D eigenvalue weighted by Crippen LogP contribution is 2.35. The van der Waals surface area contributed by atoms with Gasteiger partial charge >= 0.3 is 0 Å². The minimum absolute atomic E-state index is 0.382. The van der Waals surface area contributed by atoms with Crippen molar-refractivity contribution in [2.24, 2.45) is 7.05 Å². The summed E-state index contributed by atoms with van der Waals surface area (Å²) in [6.45, 7) is 5.96. The van der Waals surface area contributed by atoms with Gasteiger partial charge in [-0.2, -0.15) is 5.10 Å². The SMILES string of the molecule is CC(C)NCCCn1c(Sc2cc(Cl)cc(-c3cnn(C)c3)c2)nc2c(N)ncnc21.